The number of fused-ring (bicyclic) bond motifs is 1. The first-order valence-corrected chi connectivity index (χ1v) is 10.1. The first-order chi connectivity index (χ1) is 13.8. The molecule has 0 saturated carbocycles. The van der Waals surface area contributed by atoms with Gasteiger partial charge in [0.25, 0.3) is 0 Å². The Morgan fingerprint density at radius 2 is 2.00 bits per heavy atom. The average molecular weight is 371 g/mol. The van der Waals surface area contributed by atoms with Crippen molar-refractivity contribution in [2.45, 2.75) is 32.2 Å². The number of hydrogen-bond donors (Lipinski definition) is 0. The first-order valence-electron chi connectivity index (χ1n) is 10.1. The van der Waals surface area contributed by atoms with Crippen molar-refractivity contribution in [1.82, 2.24) is 14.7 Å². The molecule has 0 amide bonds. The van der Waals surface area contributed by atoms with Gasteiger partial charge in [0.1, 0.15) is 11.3 Å². The van der Waals surface area contributed by atoms with Crippen LogP contribution in [0.5, 0.6) is 0 Å². The molecule has 0 radical (unpaired) electrons. The molecule has 4 nitrogen and oxygen atoms in total. The molecule has 1 saturated heterocycles. The van der Waals surface area contributed by atoms with Crippen LogP contribution in [0.2, 0.25) is 0 Å². The van der Waals surface area contributed by atoms with E-state index in [0.29, 0.717) is 6.04 Å². The third-order valence-corrected chi connectivity index (χ3v) is 5.88. The van der Waals surface area contributed by atoms with E-state index in [-0.39, 0.29) is 0 Å². The van der Waals surface area contributed by atoms with Gasteiger partial charge in [-0.1, -0.05) is 30.3 Å². The summed E-state index contributed by atoms with van der Waals surface area (Å²) >= 11 is 0. The minimum Gasteiger partial charge on any atom is -0.460 e. The number of para-hydroxylation sites is 1. The van der Waals surface area contributed by atoms with Crippen LogP contribution in [-0.4, -0.2) is 33.8 Å². The summed E-state index contributed by atoms with van der Waals surface area (Å²) in [5.74, 6) is 1.08. The van der Waals surface area contributed by atoms with E-state index in [4.69, 9.17) is 4.42 Å². The average Bonchev–Trinajstić information content (AvgIpc) is 3.47. The van der Waals surface area contributed by atoms with Crippen molar-refractivity contribution in [1.29, 1.82) is 0 Å². The van der Waals surface area contributed by atoms with E-state index in [1.54, 1.807) is 6.20 Å². The van der Waals surface area contributed by atoms with Crippen molar-refractivity contribution in [3.63, 3.8) is 0 Å². The quantitative estimate of drug-likeness (QED) is 0.477. The SMILES string of the molecule is CC1CCCN1CCc1cc2cccc(-c3ccc(-n4cccn4)cc3)c2o1. The zero-order chi connectivity index (χ0) is 18.9. The van der Waals surface area contributed by atoms with Crippen molar-refractivity contribution in [3.05, 3.63) is 72.8 Å². The van der Waals surface area contributed by atoms with E-state index in [1.807, 2.05) is 16.9 Å². The molecule has 0 bridgehead atoms. The summed E-state index contributed by atoms with van der Waals surface area (Å²) < 4.78 is 8.18. The topological polar surface area (TPSA) is 34.2 Å². The maximum atomic E-state index is 6.31. The Morgan fingerprint density at radius 1 is 1.11 bits per heavy atom. The van der Waals surface area contributed by atoms with E-state index < -0.39 is 0 Å². The molecular formula is C24H25N3O. The summed E-state index contributed by atoms with van der Waals surface area (Å²) in [6.07, 6.45) is 7.35. The summed E-state index contributed by atoms with van der Waals surface area (Å²) in [7, 11) is 0. The molecule has 2 aromatic carbocycles. The van der Waals surface area contributed by atoms with Gasteiger partial charge >= 0.3 is 0 Å². The lowest BCUT2D eigenvalue weighted by atomic mass is 10.0. The fourth-order valence-electron chi connectivity index (χ4n) is 4.26. The van der Waals surface area contributed by atoms with Gasteiger partial charge in [-0.3, -0.25) is 0 Å². The van der Waals surface area contributed by atoms with Crippen LogP contribution in [0.3, 0.4) is 0 Å². The second kappa shape index (κ2) is 7.28. The summed E-state index contributed by atoms with van der Waals surface area (Å²) in [5, 5.41) is 5.47. The lowest BCUT2D eigenvalue weighted by Gasteiger charge is -2.19. The van der Waals surface area contributed by atoms with E-state index in [9.17, 15) is 0 Å². The Kier molecular flexibility index (Phi) is 4.49. The maximum Gasteiger partial charge on any atom is 0.142 e. The smallest absolute Gasteiger partial charge is 0.142 e. The van der Waals surface area contributed by atoms with Crippen molar-refractivity contribution in [2.24, 2.45) is 0 Å². The predicted molar refractivity (Wildman–Crippen MR) is 113 cm³/mol. The summed E-state index contributed by atoms with van der Waals surface area (Å²) in [6.45, 7) is 4.63. The van der Waals surface area contributed by atoms with Crippen LogP contribution < -0.4 is 0 Å². The lowest BCUT2D eigenvalue weighted by Crippen LogP contribution is -2.28. The van der Waals surface area contributed by atoms with Gasteiger partial charge in [-0.15, -0.1) is 0 Å². The van der Waals surface area contributed by atoms with E-state index in [1.165, 1.54) is 24.8 Å². The van der Waals surface area contributed by atoms with Crippen LogP contribution in [0.25, 0.3) is 27.8 Å². The van der Waals surface area contributed by atoms with E-state index >= 15 is 0 Å². The molecule has 142 valence electrons. The van der Waals surface area contributed by atoms with Gasteiger partial charge in [-0.2, -0.15) is 5.10 Å². The van der Waals surface area contributed by atoms with Crippen molar-refractivity contribution < 1.29 is 4.42 Å². The molecule has 4 aromatic rings. The van der Waals surface area contributed by atoms with Crippen molar-refractivity contribution >= 4 is 11.0 Å². The van der Waals surface area contributed by atoms with Gasteiger partial charge in [0.15, 0.2) is 0 Å². The molecule has 0 spiro atoms. The summed E-state index contributed by atoms with van der Waals surface area (Å²) in [4.78, 5) is 2.57. The zero-order valence-electron chi connectivity index (χ0n) is 16.2. The van der Waals surface area contributed by atoms with Crippen LogP contribution in [0, 0.1) is 0 Å². The molecule has 3 heterocycles. The zero-order valence-corrected chi connectivity index (χ0v) is 16.2. The molecule has 2 aromatic heterocycles. The van der Waals surface area contributed by atoms with Gasteiger partial charge in [0.05, 0.1) is 5.69 Å². The normalized spacial score (nSPS) is 17.5. The van der Waals surface area contributed by atoms with Crippen LogP contribution in [0.15, 0.2) is 71.4 Å². The second-order valence-corrected chi connectivity index (χ2v) is 7.71. The van der Waals surface area contributed by atoms with Gasteiger partial charge < -0.3 is 9.32 Å². The Labute approximate surface area is 165 Å². The molecule has 1 unspecified atom stereocenters. The van der Waals surface area contributed by atoms with Gasteiger partial charge in [0, 0.05) is 42.4 Å². The number of aromatic nitrogens is 2. The molecular weight excluding hydrogens is 346 g/mol. The van der Waals surface area contributed by atoms with E-state index in [0.717, 1.165) is 41.1 Å². The number of benzene rings is 2. The molecule has 28 heavy (non-hydrogen) atoms. The van der Waals surface area contributed by atoms with Crippen molar-refractivity contribution in [3.8, 4) is 16.8 Å². The van der Waals surface area contributed by atoms with Crippen molar-refractivity contribution in [2.75, 3.05) is 13.1 Å². The third-order valence-electron chi connectivity index (χ3n) is 5.88. The lowest BCUT2D eigenvalue weighted by molar-refractivity contribution is 0.266. The summed E-state index contributed by atoms with van der Waals surface area (Å²) in [6, 6.07) is 19.7. The standard InChI is InChI=1S/C24H25N3O/c1-18-5-3-14-26(18)16-12-22-17-20-6-2-7-23(24(20)28-22)19-8-10-21(11-9-19)27-15-4-13-25-27/h2,4,6-11,13,15,17-18H,3,5,12,14,16H2,1H3. The Hall–Kier alpha value is -2.85. The van der Waals surface area contributed by atoms with Crippen LogP contribution in [0.1, 0.15) is 25.5 Å². The number of rotatable bonds is 5. The highest BCUT2D eigenvalue weighted by molar-refractivity contribution is 5.92. The highest BCUT2D eigenvalue weighted by atomic mass is 16.3. The molecule has 1 aliphatic heterocycles. The highest BCUT2D eigenvalue weighted by Crippen LogP contribution is 2.32. The minimum atomic E-state index is 0.702. The summed E-state index contributed by atoms with van der Waals surface area (Å²) in [5.41, 5.74) is 4.35. The number of likely N-dealkylation sites (tertiary alicyclic amines) is 1. The molecule has 5 rings (SSSR count). The van der Waals surface area contributed by atoms with E-state index in [2.05, 4.69) is 65.5 Å². The minimum absolute atomic E-state index is 0.702. The fraction of sp³-hybridized carbons (Fsp3) is 0.292. The first kappa shape index (κ1) is 17.3. The Bertz CT molecular complexity index is 1060. The third kappa shape index (κ3) is 3.25. The van der Waals surface area contributed by atoms with Gasteiger partial charge in [-0.25, -0.2) is 4.68 Å². The Balaban J connectivity index is 1.41. The monoisotopic (exact) mass is 371 g/mol. The Morgan fingerprint density at radius 3 is 2.75 bits per heavy atom. The molecule has 0 aliphatic carbocycles. The number of hydrogen-bond acceptors (Lipinski definition) is 3. The molecule has 4 heteroatoms. The maximum absolute atomic E-state index is 6.31. The van der Waals surface area contributed by atoms with Crippen LogP contribution in [-0.2, 0) is 6.42 Å². The number of nitrogens with zero attached hydrogens (tertiary/aromatic N) is 3. The molecule has 1 atom stereocenters. The largest absolute Gasteiger partial charge is 0.460 e. The predicted octanol–water partition coefficient (Wildman–Crippen LogP) is 5.31. The molecule has 0 N–H and O–H groups in total. The van der Waals surface area contributed by atoms with Crippen LogP contribution in [0.4, 0.5) is 0 Å². The second-order valence-electron chi connectivity index (χ2n) is 7.71. The van der Waals surface area contributed by atoms with Gasteiger partial charge in [0.2, 0.25) is 0 Å². The molecule has 1 aliphatic rings. The molecule has 1 fully saturated rings. The van der Waals surface area contributed by atoms with Gasteiger partial charge in [-0.05, 0) is 56.1 Å². The fourth-order valence-corrected chi connectivity index (χ4v) is 4.26. The van der Waals surface area contributed by atoms with Crippen LogP contribution >= 0.6 is 0 Å². The number of furan rings is 1. The highest BCUT2D eigenvalue weighted by Gasteiger charge is 2.20.